The summed E-state index contributed by atoms with van der Waals surface area (Å²) in [7, 11) is 1.35. The Morgan fingerprint density at radius 2 is 2.11 bits per heavy atom. The highest BCUT2D eigenvalue weighted by atomic mass is 19.2. The zero-order valence-electron chi connectivity index (χ0n) is 9.48. The maximum atomic E-state index is 13.2. The lowest BCUT2D eigenvalue weighted by Gasteiger charge is -2.05. The number of imidazole rings is 1. The molecule has 0 atom stereocenters. The molecule has 0 aliphatic rings. The minimum atomic E-state index is -1.01. The number of aliphatic carboxylic acids is 1. The van der Waals surface area contributed by atoms with Crippen LogP contribution in [0.5, 0.6) is 6.01 Å². The van der Waals surface area contributed by atoms with Crippen LogP contribution in [-0.2, 0) is 11.3 Å². The number of carboxylic acid groups (broad SMARTS) is 1. The molecule has 1 aromatic heterocycles. The fourth-order valence-corrected chi connectivity index (χ4v) is 1.68. The van der Waals surface area contributed by atoms with Gasteiger partial charge in [-0.05, 0) is 0 Å². The Balaban J connectivity index is 2.53. The molecule has 0 unspecified atom stereocenters. The van der Waals surface area contributed by atoms with Crippen molar-refractivity contribution in [2.45, 2.75) is 13.0 Å². The summed E-state index contributed by atoms with van der Waals surface area (Å²) >= 11 is 0. The molecule has 0 saturated carbocycles. The van der Waals surface area contributed by atoms with Gasteiger partial charge in [0.2, 0.25) is 0 Å². The lowest BCUT2D eigenvalue weighted by atomic mass is 10.3. The number of ether oxygens (including phenoxy) is 1. The molecule has 1 N–H and O–H groups in total. The number of hydrogen-bond donors (Lipinski definition) is 1. The van der Waals surface area contributed by atoms with Gasteiger partial charge in [0.1, 0.15) is 0 Å². The minimum Gasteiger partial charge on any atom is -0.481 e. The molecule has 96 valence electrons. The van der Waals surface area contributed by atoms with Gasteiger partial charge >= 0.3 is 5.97 Å². The lowest BCUT2D eigenvalue weighted by molar-refractivity contribution is -0.137. The van der Waals surface area contributed by atoms with Gasteiger partial charge in [-0.15, -0.1) is 0 Å². The van der Waals surface area contributed by atoms with E-state index in [1.807, 2.05) is 0 Å². The Kier molecular flexibility index (Phi) is 3.14. The minimum absolute atomic E-state index is 0.0695. The number of carboxylic acids is 1. The number of aromatic nitrogens is 2. The van der Waals surface area contributed by atoms with Gasteiger partial charge in [-0.25, -0.2) is 8.78 Å². The van der Waals surface area contributed by atoms with E-state index in [1.54, 1.807) is 0 Å². The van der Waals surface area contributed by atoms with Crippen LogP contribution in [0.25, 0.3) is 11.0 Å². The number of halogens is 2. The van der Waals surface area contributed by atoms with Crippen molar-refractivity contribution < 1.29 is 23.4 Å². The zero-order chi connectivity index (χ0) is 13.3. The van der Waals surface area contributed by atoms with Crippen LogP contribution in [0.3, 0.4) is 0 Å². The third-order valence-electron chi connectivity index (χ3n) is 2.49. The van der Waals surface area contributed by atoms with E-state index in [9.17, 15) is 13.6 Å². The van der Waals surface area contributed by atoms with Gasteiger partial charge in [-0.3, -0.25) is 9.36 Å². The number of carbonyl (C=O) groups is 1. The van der Waals surface area contributed by atoms with Crippen molar-refractivity contribution >= 4 is 17.0 Å². The van der Waals surface area contributed by atoms with Crippen LogP contribution in [0.4, 0.5) is 8.78 Å². The summed E-state index contributed by atoms with van der Waals surface area (Å²) in [5, 5.41) is 8.64. The molecule has 0 amide bonds. The second-order valence-electron chi connectivity index (χ2n) is 3.65. The Morgan fingerprint density at radius 1 is 1.44 bits per heavy atom. The maximum absolute atomic E-state index is 13.2. The zero-order valence-corrected chi connectivity index (χ0v) is 9.48. The third-order valence-corrected chi connectivity index (χ3v) is 2.49. The largest absolute Gasteiger partial charge is 0.481 e. The highest BCUT2D eigenvalue weighted by Crippen LogP contribution is 2.24. The number of nitrogens with zero attached hydrogens (tertiary/aromatic N) is 2. The molecule has 0 spiro atoms. The van der Waals surface area contributed by atoms with Gasteiger partial charge in [0.05, 0.1) is 24.6 Å². The van der Waals surface area contributed by atoms with Crippen LogP contribution >= 0.6 is 0 Å². The van der Waals surface area contributed by atoms with E-state index in [1.165, 1.54) is 11.7 Å². The van der Waals surface area contributed by atoms with Crippen molar-refractivity contribution in [3.8, 4) is 6.01 Å². The number of methoxy groups -OCH3 is 1. The number of benzene rings is 1. The van der Waals surface area contributed by atoms with Gasteiger partial charge in [0.25, 0.3) is 6.01 Å². The van der Waals surface area contributed by atoms with E-state index in [0.717, 1.165) is 12.1 Å². The summed E-state index contributed by atoms with van der Waals surface area (Å²) in [4.78, 5) is 14.5. The molecule has 0 aliphatic carbocycles. The summed E-state index contributed by atoms with van der Waals surface area (Å²) in [6.45, 7) is 0.0695. The number of aryl methyl sites for hydroxylation is 1. The second-order valence-corrected chi connectivity index (χ2v) is 3.65. The van der Waals surface area contributed by atoms with Crippen LogP contribution in [0.2, 0.25) is 0 Å². The maximum Gasteiger partial charge on any atom is 0.305 e. The molecule has 0 saturated heterocycles. The highest BCUT2D eigenvalue weighted by molar-refractivity contribution is 5.77. The first-order chi connectivity index (χ1) is 8.52. The van der Waals surface area contributed by atoms with E-state index < -0.39 is 17.6 Å². The lowest BCUT2D eigenvalue weighted by Crippen LogP contribution is -2.06. The monoisotopic (exact) mass is 256 g/mol. The van der Waals surface area contributed by atoms with Crippen molar-refractivity contribution in [1.82, 2.24) is 9.55 Å². The van der Waals surface area contributed by atoms with Gasteiger partial charge in [-0.1, -0.05) is 0 Å². The first kappa shape index (κ1) is 12.3. The normalized spacial score (nSPS) is 10.8. The predicted octanol–water partition coefficient (Wildman–Crippen LogP) is 1.80. The van der Waals surface area contributed by atoms with Gasteiger partial charge in [0.15, 0.2) is 11.6 Å². The molecule has 0 aliphatic heterocycles. The predicted molar refractivity (Wildman–Crippen MR) is 58.5 cm³/mol. The molecule has 5 nitrogen and oxygen atoms in total. The molecule has 1 aromatic carbocycles. The summed E-state index contributed by atoms with van der Waals surface area (Å²) in [5.41, 5.74) is 0.517. The second kappa shape index (κ2) is 4.59. The highest BCUT2D eigenvalue weighted by Gasteiger charge is 2.15. The van der Waals surface area contributed by atoms with Gasteiger partial charge < -0.3 is 9.84 Å². The van der Waals surface area contributed by atoms with E-state index >= 15 is 0 Å². The molecule has 2 rings (SSSR count). The van der Waals surface area contributed by atoms with Crippen LogP contribution < -0.4 is 4.74 Å². The molecule has 1 heterocycles. The third kappa shape index (κ3) is 2.11. The SMILES string of the molecule is COc1nc2cc(F)c(F)cc2n1CCC(=O)O. The average Bonchev–Trinajstić information content (AvgIpc) is 2.64. The Morgan fingerprint density at radius 3 is 2.72 bits per heavy atom. The number of rotatable bonds is 4. The van der Waals surface area contributed by atoms with Crippen molar-refractivity contribution in [2.75, 3.05) is 7.11 Å². The van der Waals surface area contributed by atoms with E-state index in [0.29, 0.717) is 5.52 Å². The first-order valence-corrected chi connectivity index (χ1v) is 5.14. The molecule has 2 aromatic rings. The topological polar surface area (TPSA) is 64.4 Å². The molecule has 0 radical (unpaired) electrons. The van der Waals surface area contributed by atoms with Crippen LogP contribution in [0.15, 0.2) is 12.1 Å². The Bertz CT molecular complexity index is 610. The smallest absolute Gasteiger partial charge is 0.305 e. The molecule has 7 heteroatoms. The van der Waals surface area contributed by atoms with Crippen molar-refractivity contribution in [1.29, 1.82) is 0 Å². The summed E-state index contributed by atoms with van der Waals surface area (Å²) < 4.78 is 32.6. The van der Waals surface area contributed by atoms with Gasteiger partial charge in [-0.2, -0.15) is 4.98 Å². The molecular weight excluding hydrogens is 246 g/mol. The number of hydrogen-bond acceptors (Lipinski definition) is 3. The standard InChI is InChI=1S/C11H10F2N2O3/c1-18-11-14-8-4-6(12)7(13)5-9(8)15(11)3-2-10(16)17/h4-5H,2-3H2,1H3,(H,16,17). The summed E-state index contributed by atoms with van der Waals surface area (Å²) in [6, 6.07) is 2.04. The van der Waals surface area contributed by atoms with Crippen molar-refractivity contribution in [2.24, 2.45) is 0 Å². The van der Waals surface area contributed by atoms with Crippen LogP contribution in [0, 0.1) is 11.6 Å². The van der Waals surface area contributed by atoms with Crippen LogP contribution in [0.1, 0.15) is 6.42 Å². The molecular formula is C11H10F2N2O3. The fourth-order valence-electron chi connectivity index (χ4n) is 1.68. The Labute approximate surface area is 101 Å². The molecule has 0 fully saturated rings. The average molecular weight is 256 g/mol. The van der Waals surface area contributed by atoms with Crippen LogP contribution in [-0.4, -0.2) is 27.7 Å². The molecule has 0 bridgehead atoms. The fraction of sp³-hybridized carbons (Fsp3) is 0.273. The molecule has 18 heavy (non-hydrogen) atoms. The van der Waals surface area contributed by atoms with Crippen molar-refractivity contribution in [3.63, 3.8) is 0 Å². The van der Waals surface area contributed by atoms with Gasteiger partial charge in [0, 0.05) is 18.7 Å². The summed E-state index contributed by atoms with van der Waals surface area (Å²) in [6.07, 6.45) is -0.166. The first-order valence-electron chi connectivity index (χ1n) is 5.14. The summed E-state index contributed by atoms with van der Waals surface area (Å²) in [5.74, 6) is -3.02. The van der Waals surface area contributed by atoms with E-state index in [4.69, 9.17) is 9.84 Å². The van der Waals surface area contributed by atoms with E-state index in [2.05, 4.69) is 4.98 Å². The van der Waals surface area contributed by atoms with E-state index in [-0.39, 0.29) is 24.5 Å². The quantitative estimate of drug-likeness (QED) is 0.905. The Hall–Kier alpha value is -2.18. The number of fused-ring (bicyclic) bond motifs is 1. The van der Waals surface area contributed by atoms with Crippen molar-refractivity contribution in [3.05, 3.63) is 23.8 Å².